The lowest BCUT2D eigenvalue weighted by molar-refractivity contribution is -0.250. The monoisotopic (exact) mass is 465 g/mol. The van der Waals surface area contributed by atoms with Gasteiger partial charge in [-0.25, -0.2) is 18.3 Å². The first kappa shape index (κ1) is 23.2. The lowest BCUT2D eigenvalue weighted by Gasteiger charge is -2.33. The number of hydrogen-bond donors (Lipinski definition) is 3. The molecule has 17 nitrogen and oxygen atoms in total. The molecule has 1 saturated heterocycles. The maximum Gasteiger partial charge on any atom is 0.288 e. The van der Waals surface area contributed by atoms with Crippen LogP contribution in [0.2, 0.25) is 0 Å². The third-order valence-corrected chi connectivity index (χ3v) is 6.72. The molecule has 0 saturated carbocycles. The molecular formula is C8H12N4O13P3-3. The number of hydrogen-bond acceptors (Lipinski definition) is 14. The van der Waals surface area contributed by atoms with Gasteiger partial charge in [0.15, 0.2) is 6.23 Å². The molecule has 0 aromatic carbocycles. The van der Waals surface area contributed by atoms with Gasteiger partial charge in [-0.3, -0.25) is 18.5 Å². The molecule has 0 aliphatic carbocycles. The number of ether oxygens (including phenoxy) is 1. The van der Waals surface area contributed by atoms with Crippen molar-refractivity contribution in [2.24, 2.45) is 5.73 Å². The summed E-state index contributed by atoms with van der Waals surface area (Å²) in [6.45, 7) is -0.940. The molecule has 2 rings (SSSR count). The first-order chi connectivity index (χ1) is 12.7. The van der Waals surface area contributed by atoms with E-state index < -0.39 is 54.4 Å². The topological polar surface area (TPSA) is 272 Å². The number of primary amides is 1. The number of carbonyl (C=O) groups excluding carboxylic acids is 1. The third-order valence-electron chi connectivity index (χ3n) is 3.03. The summed E-state index contributed by atoms with van der Waals surface area (Å²) in [5.74, 6) is -1.25. The molecule has 0 spiro atoms. The van der Waals surface area contributed by atoms with Crippen LogP contribution in [0.3, 0.4) is 0 Å². The predicted octanol–water partition coefficient (Wildman–Crippen LogP) is -3.53. The Balaban J connectivity index is 1.94. The summed E-state index contributed by atoms with van der Waals surface area (Å²) in [6, 6.07) is 0. The minimum atomic E-state index is -6.02. The van der Waals surface area contributed by atoms with Crippen molar-refractivity contribution in [1.29, 1.82) is 0 Å². The van der Waals surface area contributed by atoms with Gasteiger partial charge in [-0.2, -0.15) is 0 Å². The van der Waals surface area contributed by atoms with E-state index in [0.29, 0.717) is 0 Å². The molecule has 0 radical (unpaired) electrons. The van der Waals surface area contributed by atoms with Gasteiger partial charge in [0.05, 0.1) is 12.7 Å². The van der Waals surface area contributed by atoms with Gasteiger partial charge in [0.2, 0.25) is 5.82 Å². The summed E-state index contributed by atoms with van der Waals surface area (Å²) in [7, 11) is -17.6. The van der Waals surface area contributed by atoms with Crippen molar-refractivity contribution in [2.75, 3.05) is 6.61 Å². The van der Waals surface area contributed by atoms with Crippen molar-refractivity contribution in [3.63, 3.8) is 0 Å². The Kier molecular flexibility index (Phi) is 6.93. The molecular weight excluding hydrogens is 453 g/mol. The SMILES string of the molecule is NC(=O)c1ncn([C@H]2CC(O)[C@@H](COP(=O)([O-])OP(=O)([O-])OP(=O)([O-])O)O2)n1. The molecule has 1 aromatic rings. The molecule has 0 bridgehead atoms. The smallest absolute Gasteiger partial charge is 0.288 e. The maximum atomic E-state index is 11.5. The van der Waals surface area contributed by atoms with Gasteiger partial charge < -0.3 is 39.7 Å². The second-order valence-electron chi connectivity index (χ2n) is 5.17. The van der Waals surface area contributed by atoms with Crippen LogP contribution in [0.15, 0.2) is 6.33 Å². The number of nitrogens with zero attached hydrogens (tertiary/aromatic N) is 3. The average molecular weight is 465 g/mol. The Labute approximate surface area is 155 Å². The summed E-state index contributed by atoms with van der Waals surface area (Å²) in [4.78, 5) is 55.7. The van der Waals surface area contributed by atoms with Crippen LogP contribution in [-0.4, -0.2) is 49.5 Å². The summed E-state index contributed by atoms with van der Waals surface area (Å²) in [5.41, 5.74) is 4.99. The number of aromatic nitrogens is 3. The maximum absolute atomic E-state index is 11.5. The number of amides is 1. The zero-order chi connectivity index (χ0) is 21.3. The highest BCUT2D eigenvalue weighted by Crippen LogP contribution is 2.61. The Morgan fingerprint density at radius 3 is 2.50 bits per heavy atom. The van der Waals surface area contributed by atoms with E-state index in [9.17, 15) is 38.3 Å². The van der Waals surface area contributed by atoms with Crippen LogP contribution < -0.4 is 20.4 Å². The van der Waals surface area contributed by atoms with Crippen molar-refractivity contribution in [3.8, 4) is 0 Å². The Morgan fingerprint density at radius 1 is 1.32 bits per heavy atom. The van der Waals surface area contributed by atoms with Gasteiger partial charge in [-0.05, 0) is 0 Å². The van der Waals surface area contributed by atoms with Gasteiger partial charge >= 0.3 is 0 Å². The molecule has 1 aliphatic heterocycles. The Bertz CT molecular complexity index is 868. The van der Waals surface area contributed by atoms with Gasteiger partial charge in [0.25, 0.3) is 29.4 Å². The molecule has 28 heavy (non-hydrogen) atoms. The Morgan fingerprint density at radius 2 is 1.96 bits per heavy atom. The molecule has 4 N–H and O–H groups in total. The van der Waals surface area contributed by atoms with Gasteiger partial charge in [-0.1, -0.05) is 0 Å². The molecule has 1 amide bonds. The van der Waals surface area contributed by atoms with Crippen molar-refractivity contribution in [1.82, 2.24) is 14.8 Å². The zero-order valence-corrected chi connectivity index (χ0v) is 16.1. The average Bonchev–Trinajstić information content (AvgIpc) is 3.07. The van der Waals surface area contributed by atoms with E-state index in [0.717, 1.165) is 11.0 Å². The minimum absolute atomic E-state index is 0.132. The van der Waals surface area contributed by atoms with E-state index in [1.165, 1.54) is 0 Å². The van der Waals surface area contributed by atoms with Crippen molar-refractivity contribution in [2.45, 2.75) is 24.9 Å². The molecule has 1 fully saturated rings. The van der Waals surface area contributed by atoms with Crippen molar-refractivity contribution < 1.29 is 61.1 Å². The summed E-state index contributed by atoms with van der Waals surface area (Å²) < 4.78 is 49.9. The number of aliphatic hydroxyl groups is 1. The largest absolute Gasteiger partial charge is 0.756 e. The van der Waals surface area contributed by atoms with E-state index in [-0.39, 0.29) is 12.2 Å². The van der Waals surface area contributed by atoms with Crippen molar-refractivity contribution in [3.05, 3.63) is 12.2 Å². The highest BCUT2D eigenvalue weighted by molar-refractivity contribution is 7.65. The molecule has 6 atom stereocenters. The Hall–Kier alpha value is -1.06. The number of aliphatic hydroxyl groups excluding tert-OH is 1. The quantitative estimate of drug-likeness (QED) is 0.298. The highest BCUT2D eigenvalue weighted by atomic mass is 31.3. The van der Waals surface area contributed by atoms with E-state index in [1.807, 2.05) is 0 Å². The fourth-order valence-electron chi connectivity index (χ4n) is 2.01. The number of phosphoric acid groups is 3. The van der Waals surface area contributed by atoms with Gasteiger partial charge in [0.1, 0.15) is 12.4 Å². The molecule has 20 heteroatoms. The van der Waals surface area contributed by atoms with Crippen LogP contribution in [0.1, 0.15) is 23.3 Å². The first-order valence-corrected chi connectivity index (χ1v) is 11.4. The minimum Gasteiger partial charge on any atom is -0.756 e. The molecule has 1 aliphatic rings. The lowest BCUT2D eigenvalue weighted by Crippen LogP contribution is -2.27. The molecule has 160 valence electrons. The number of phosphoric ester groups is 1. The van der Waals surface area contributed by atoms with E-state index in [4.69, 9.17) is 15.4 Å². The normalized spacial score (nSPS) is 29.0. The number of carbonyl (C=O) groups is 1. The van der Waals surface area contributed by atoms with Crippen LogP contribution in [-0.2, 0) is 31.6 Å². The highest BCUT2D eigenvalue weighted by Gasteiger charge is 2.37. The predicted molar refractivity (Wildman–Crippen MR) is 76.2 cm³/mol. The van der Waals surface area contributed by atoms with Crippen LogP contribution in [0, 0.1) is 0 Å². The summed E-state index contributed by atoms with van der Waals surface area (Å²) in [5, 5.41) is 13.6. The van der Waals surface area contributed by atoms with E-state index in [2.05, 4.69) is 23.2 Å². The summed E-state index contributed by atoms with van der Waals surface area (Å²) in [6.07, 6.45) is -2.66. The standard InChI is InChI=1S/C8H15N4O13P3/c9-7(14)8-10-3-12(11-8)6-1-4(13)5(23-6)2-22-27(18,19)25-28(20,21)24-26(15,16)17/h3-6,13H,1-2H2,(H2,9,14)(H,18,19)(H,20,21)(H2,15,16,17)/p-3/t4?,5-,6-/m1/s1. The van der Waals surface area contributed by atoms with Crippen LogP contribution in [0.4, 0.5) is 0 Å². The first-order valence-electron chi connectivity index (χ1n) is 6.95. The van der Waals surface area contributed by atoms with Crippen LogP contribution >= 0.6 is 23.5 Å². The second kappa shape index (κ2) is 8.36. The van der Waals surface area contributed by atoms with E-state index in [1.54, 1.807) is 0 Å². The number of nitrogens with two attached hydrogens (primary N) is 1. The molecule has 2 heterocycles. The zero-order valence-electron chi connectivity index (χ0n) is 13.4. The fourth-order valence-corrected chi connectivity index (χ4v) is 4.90. The lowest BCUT2D eigenvalue weighted by atomic mass is 10.2. The van der Waals surface area contributed by atoms with Crippen LogP contribution in [0.25, 0.3) is 0 Å². The van der Waals surface area contributed by atoms with Gasteiger partial charge in [-0.15, -0.1) is 5.10 Å². The second-order valence-corrected chi connectivity index (χ2v) is 9.46. The van der Waals surface area contributed by atoms with Crippen LogP contribution in [0.5, 0.6) is 0 Å². The number of rotatable bonds is 9. The van der Waals surface area contributed by atoms with E-state index >= 15 is 0 Å². The van der Waals surface area contributed by atoms with Gasteiger partial charge in [0, 0.05) is 6.42 Å². The molecule has 1 aromatic heterocycles. The third kappa shape index (κ3) is 6.77. The molecule has 4 unspecified atom stereocenters. The summed E-state index contributed by atoms with van der Waals surface area (Å²) >= 11 is 0. The fraction of sp³-hybridized carbons (Fsp3) is 0.625. The van der Waals surface area contributed by atoms with Crippen molar-refractivity contribution >= 4 is 29.4 Å².